The van der Waals surface area contributed by atoms with Crippen LogP contribution in [0.4, 0.5) is 11.6 Å². The third kappa shape index (κ3) is 6.96. The van der Waals surface area contributed by atoms with E-state index < -0.39 is 17.6 Å². The topological polar surface area (TPSA) is 131 Å². The number of piperidine rings is 3. The Balaban J connectivity index is 0.816. The maximum absolute atomic E-state index is 13.1. The molecule has 8 rings (SSSR count). The van der Waals surface area contributed by atoms with Crippen LogP contribution in [0.5, 0.6) is 0 Å². The summed E-state index contributed by atoms with van der Waals surface area (Å²) in [6.45, 7) is 4.58. The molecule has 3 aromatic carbocycles. The molecule has 1 unspecified atom stereocenters. The second-order valence-electron chi connectivity index (χ2n) is 14.3. The van der Waals surface area contributed by atoms with Gasteiger partial charge in [0.2, 0.25) is 17.8 Å². The molecule has 0 spiro atoms. The largest absolute Gasteiger partial charge is 0.385 e. The molecule has 3 N–H and O–H groups in total. The zero-order chi connectivity index (χ0) is 35.0. The van der Waals surface area contributed by atoms with E-state index in [1.54, 1.807) is 11.0 Å². The molecule has 51 heavy (non-hydrogen) atoms. The number of benzene rings is 3. The van der Waals surface area contributed by atoms with Gasteiger partial charge < -0.3 is 20.2 Å². The van der Waals surface area contributed by atoms with Gasteiger partial charge >= 0.3 is 0 Å². The first-order valence-electron chi connectivity index (χ1n) is 18.0. The van der Waals surface area contributed by atoms with Crippen LogP contribution in [0.3, 0.4) is 0 Å². The monoisotopic (exact) mass is 685 g/mol. The van der Waals surface area contributed by atoms with Crippen LogP contribution < -0.4 is 15.5 Å². The molecule has 4 aliphatic rings. The van der Waals surface area contributed by atoms with Gasteiger partial charge in [0.15, 0.2) is 0 Å². The number of hydrogen-bond donors (Lipinski definition) is 3. The standard InChI is InChI=1S/C40H43N7O4/c48-36-13-12-35(37(49)44-36)47-26-29-24-30(8-11-33(29)38(47)50)40(51)17-22-45(23-18-40)25-27-6-9-32(10-7-27)46-20-15-31(16-21-46)42-39-41-19-14-34(43-39)28-4-2-1-3-5-28/h1-11,14,19,24,31,35,51H,12-13,15-18,20-23,25-26H2,(H,41,42,43)(H,44,48,49). The van der Waals surface area contributed by atoms with Crippen molar-refractivity contribution in [2.24, 2.45) is 0 Å². The number of carbonyl (C=O) groups is 3. The highest BCUT2D eigenvalue weighted by Crippen LogP contribution is 2.37. The second kappa shape index (κ2) is 13.9. The number of carbonyl (C=O) groups excluding carboxylic acids is 3. The highest BCUT2D eigenvalue weighted by molar-refractivity contribution is 6.05. The Morgan fingerprint density at radius 1 is 0.882 bits per heavy atom. The maximum atomic E-state index is 13.1. The summed E-state index contributed by atoms with van der Waals surface area (Å²) < 4.78 is 0. The minimum atomic E-state index is -0.974. The maximum Gasteiger partial charge on any atom is 0.255 e. The lowest BCUT2D eigenvalue weighted by molar-refractivity contribution is -0.136. The van der Waals surface area contributed by atoms with Crippen molar-refractivity contribution in [1.82, 2.24) is 25.1 Å². The third-order valence-corrected chi connectivity index (χ3v) is 11.0. The van der Waals surface area contributed by atoms with Crippen molar-refractivity contribution in [3.8, 4) is 11.3 Å². The number of nitrogens with one attached hydrogen (secondary N) is 2. The van der Waals surface area contributed by atoms with Crippen molar-refractivity contribution >= 4 is 29.4 Å². The van der Waals surface area contributed by atoms with Gasteiger partial charge in [-0.3, -0.25) is 24.6 Å². The lowest BCUT2D eigenvalue weighted by atomic mass is 9.83. The fraction of sp³-hybridized carbons (Fsp3) is 0.375. The first kappa shape index (κ1) is 33.0. The Hall–Kier alpha value is -5.13. The lowest BCUT2D eigenvalue weighted by Gasteiger charge is -2.39. The second-order valence-corrected chi connectivity index (χ2v) is 14.3. The normalized spacial score (nSPS) is 21.0. The Morgan fingerprint density at radius 3 is 2.39 bits per heavy atom. The van der Waals surface area contributed by atoms with Crippen molar-refractivity contribution in [2.75, 3.05) is 36.4 Å². The molecule has 262 valence electrons. The van der Waals surface area contributed by atoms with E-state index in [4.69, 9.17) is 4.98 Å². The van der Waals surface area contributed by atoms with Crippen molar-refractivity contribution in [2.45, 2.75) is 69.3 Å². The summed E-state index contributed by atoms with van der Waals surface area (Å²) in [5, 5.41) is 17.6. The third-order valence-electron chi connectivity index (χ3n) is 11.0. The van der Waals surface area contributed by atoms with Gasteiger partial charge in [0, 0.05) is 74.7 Å². The average molecular weight is 686 g/mol. The molecule has 1 aromatic heterocycles. The molecule has 4 aliphatic heterocycles. The Bertz CT molecular complexity index is 1920. The van der Waals surface area contributed by atoms with E-state index in [1.165, 1.54) is 11.3 Å². The van der Waals surface area contributed by atoms with E-state index in [0.717, 1.165) is 67.9 Å². The molecule has 3 amide bonds. The highest BCUT2D eigenvalue weighted by Gasteiger charge is 2.41. The molecule has 0 saturated carbocycles. The number of aromatic nitrogens is 2. The summed E-state index contributed by atoms with van der Waals surface area (Å²) in [7, 11) is 0. The fourth-order valence-electron chi connectivity index (χ4n) is 7.97. The molecule has 0 bridgehead atoms. The van der Waals surface area contributed by atoms with Gasteiger partial charge in [-0.05, 0) is 73.1 Å². The van der Waals surface area contributed by atoms with Gasteiger partial charge in [-0.1, -0.05) is 54.6 Å². The van der Waals surface area contributed by atoms with Crippen LogP contribution in [0.15, 0.2) is 85.1 Å². The van der Waals surface area contributed by atoms with Gasteiger partial charge in [-0.2, -0.15) is 0 Å². The summed E-state index contributed by atoms with van der Waals surface area (Å²) in [5.74, 6) is -0.237. The van der Waals surface area contributed by atoms with Crippen LogP contribution in [0.25, 0.3) is 11.3 Å². The Kier molecular flexibility index (Phi) is 8.99. The van der Waals surface area contributed by atoms with Gasteiger partial charge in [-0.25, -0.2) is 9.97 Å². The molecule has 3 saturated heterocycles. The Morgan fingerprint density at radius 2 is 1.65 bits per heavy atom. The van der Waals surface area contributed by atoms with E-state index in [2.05, 4.69) is 61.8 Å². The number of fused-ring (bicyclic) bond motifs is 1. The van der Waals surface area contributed by atoms with Gasteiger partial charge in [-0.15, -0.1) is 0 Å². The van der Waals surface area contributed by atoms with Crippen molar-refractivity contribution in [3.05, 3.63) is 107 Å². The fourth-order valence-corrected chi connectivity index (χ4v) is 7.97. The SMILES string of the molecule is O=C1CCC(N2Cc3cc(C4(O)CCN(Cc5ccc(N6CCC(Nc7nccc(-c8ccccc8)n7)CC6)cc5)CC4)ccc3C2=O)C(=O)N1. The number of nitrogens with zero attached hydrogens (tertiary/aromatic N) is 5. The van der Waals surface area contributed by atoms with E-state index in [-0.39, 0.29) is 18.2 Å². The van der Waals surface area contributed by atoms with Crippen LogP contribution in [-0.2, 0) is 28.3 Å². The molecule has 11 nitrogen and oxygen atoms in total. The van der Waals surface area contributed by atoms with Crippen LogP contribution in [0.1, 0.15) is 65.6 Å². The van der Waals surface area contributed by atoms with Crippen molar-refractivity contribution < 1.29 is 19.5 Å². The van der Waals surface area contributed by atoms with Gasteiger partial charge in [0.25, 0.3) is 5.91 Å². The molecule has 0 radical (unpaired) electrons. The van der Waals surface area contributed by atoms with Crippen molar-refractivity contribution in [3.63, 3.8) is 0 Å². The van der Waals surface area contributed by atoms with E-state index in [0.29, 0.717) is 43.4 Å². The van der Waals surface area contributed by atoms with Crippen LogP contribution in [-0.4, -0.2) is 80.9 Å². The van der Waals surface area contributed by atoms with Crippen LogP contribution >= 0.6 is 0 Å². The predicted octanol–water partition coefficient (Wildman–Crippen LogP) is 4.47. The summed E-state index contributed by atoms with van der Waals surface area (Å²) in [6, 6.07) is 26.2. The molecule has 3 fully saturated rings. The molecule has 4 aromatic rings. The summed E-state index contributed by atoms with van der Waals surface area (Å²) >= 11 is 0. The quantitative estimate of drug-likeness (QED) is 0.230. The first-order valence-corrected chi connectivity index (χ1v) is 18.0. The minimum Gasteiger partial charge on any atom is -0.385 e. The number of aliphatic hydroxyl groups is 1. The molecule has 1 atom stereocenters. The summed E-state index contributed by atoms with van der Waals surface area (Å²) in [5.41, 5.74) is 5.72. The van der Waals surface area contributed by atoms with Crippen LogP contribution in [0.2, 0.25) is 0 Å². The molecule has 5 heterocycles. The highest BCUT2D eigenvalue weighted by atomic mass is 16.3. The van der Waals surface area contributed by atoms with Crippen LogP contribution in [0, 0.1) is 0 Å². The van der Waals surface area contributed by atoms with Crippen molar-refractivity contribution in [1.29, 1.82) is 0 Å². The number of amides is 3. The molecular formula is C40H43N7O4. The Labute approximate surface area is 297 Å². The predicted molar refractivity (Wildman–Crippen MR) is 194 cm³/mol. The summed E-state index contributed by atoms with van der Waals surface area (Å²) in [6.07, 6.45) is 5.59. The smallest absolute Gasteiger partial charge is 0.255 e. The van der Waals surface area contributed by atoms with Gasteiger partial charge in [0.1, 0.15) is 6.04 Å². The number of rotatable bonds is 8. The van der Waals surface area contributed by atoms with E-state index >= 15 is 0 Å². The number of anilines is 2. The number of imide groups is 1. The zero-order valence-corrected chi connectivity index (χ0v) is 28.6. The summed E-state index contributed by atoms with van der Waals surface area (Å²) in [4.78, 5) is 52.7. The molecule has 0 aliphatic carbocycles. The lowest BCUT2D eigenvalue weighted by Crippen LogP contribution is -2.52. The first-order chi connectivity index (χ1) is 24.8. The number of hydrogen-bond acceptors (Lipinski definition) is 9. The molecular weight excluding hydrogens is 642 g/mol. The van der Waals surface area contributed by atoms with E-state index in [9.17, 15) is 19.5 Å². The molecule has 11 heteroatoms. The zero-order valence-electron chi connectivity index (χ0n) is 28.6. The number of likely N-dealkylation sites (tertiary alicyclic amines) is 1. The average Bonchev–Trinajstić information content (AvgIpc) is 3.49. The van der Waals surface area contributed by atoms with Gasteiger partial charge in [0.05, 0.1) is 11.3 Å². The van der Waals surface area contributed by atoms with E-state index in [1.807, 2.05) is 42.6 Å². The minimum absolute atomic E-state index is 0.198.